The van der Waals surface area contributed by atoms with Crippen LogP contribution < -0.4 is 14.5 Å². The van der Waals surface area contributed by atoms with E-state index in [4.69, 9.17) is 9.47 Å². The van der Waals surface area contributed by atoms with Crippen molar-refractivity contribution in [3.63, 3.8) is 0 Å². The monoisotopic (exact) mass is 438 g/mol. The van der Waals surface area contributed by atoms with E-state index in [1.165, 1.54) is 43.5 Å². The molecule has 0 spiro atoms. The van der Waals surface area contributed by atoms with E-state index in [0.29, 0.717) is 0 Å². The SMILES string of the molecule is COCCCCCCCCOc1ccc(N2CCN(c3ccc(C(C)=O)cc3)CC2)cc1. The number of hydrogen-bond donors (Lipinski definition) is 0. The third-order valence-corrected chi connectivity index (χ3v) is 6.13. The maximum atomic E-state index is 11.5. The highest BCUT2D eigenvalue weighted by Crippen LogP contribution is 2.23. The molecule has 5 nitrogen and oxygen atoms in total. The molecule has 3 rings (SSSR count). The molecule has 0 saturated carbocycles. The quantitative estimate of drug-likeness (QED) is 0.302. The number of nitrogens with zero attached hydrogens (tertiary/aromatic N) is 2. The van der Waals surface area contributed by atoms with Gasteiger partial charge in [-0.05, 0) is 68.3 Å². The molecule has 2 aromatic rings. The predicted octanol–water partition coefficient (Wildman–Crippen LogP) is 5.58. The van der Waals surface area contributed by atoms with E-state index in [2.05, 4.69) is 46.2 Å². The van der Waals surface area contributed by atoms with Crippen LogP contribution in [0.2, 0.25) is 0 Å². The van der Waals surface area contributed by atoms with Crippen LogP contribution in [0.4, 0.5) is 11.4 Å². The zero-order valence-electron chi connectivity index (χ0n) is 19.7. The molecule has 0 amide bonds. The Morgan fingerprint density at radius 1 is 0.719 bits per heavy atom. The topological polar surface area (TPSA) is 42.0 Å². The number of anilines is 2. The molecule has 2 aromatic carbocycles. The van der Waals surface area contributed by atoms with Crippen molar-refractivity contribution >= 4 is 17.2 Å². The fraction of sp³-hybridized carbons (Fsp3) is 0.519. The van der Waals surface area contributed by atoms with Gasteiger partial charge < -0.3 is 19.3 Å². The second-order valence-corrected chi connectivity index (χ2v) is 8.53. The minimum Gasteiger partial charge on any atom is -0.494 e. The molecule has 5 heteroatoms. The molecule has 1 saturated heterocycles. The van der Waals surface area contributed by atoms with Crippen LogP contribution in [-0.4, -0.2) is 52.3 Å². The summed E-state index contributed by atoms with van der Waals surface area (Å²) in [5.41, 5.74) is 3.21. The van der Waals surface area contributed by atoms with Crippen molar-refractivity contribution in [2.45, 2.75) is 45.4 Å². The Bertz CT molecular complexity index is 797. The Kier molecular flexibility index (Phi) is 9.89. The maximum absolute atomic E-state index is 11.5. The summed E-state index contributed by atoms with van der Waals surface area (Å²) < 4.78 is 11.0. The second kappa shape index (κ2) is 13.1. The van der Waals surface area contributed by atoms with E-state index in [9.17, 15) is 4.79 Å². The Labute approximate surface area is 193 Å². The van der Waals surface area contributed by atoms with Crippen molar-refractivity contribution in [1.82, 2.24) is 0 Å². The van der Waals surface area contributed by atoms with Gasteiger partial charge in [0.2, 0.25) is 0 Å². The van der Waals surface area contributed by atoms with Crippen LogP contribution >= 0.6 is 0 Å². The number of unbranched alkanes of at least 4 members (excludes halogenated alkanes) is 5. The number of carbonyl (C=O) groups excluding carboxylic acids is 1. The number of rotatable bonds is 13. The highest BCUT2D eigenvalue weighted by Gasteiger charge is 2.17. The molecule has 0 bridgehead atoms. The van der Waals surface area contributed by atoms with Gasteiger partial charge in [-0.2, -0.15) is 0 Å². The highest BCUT2D eigenvalue weighted by molar-refractivity contribution is 5.94. The smallest absolute Gasteiger partial charge is 0.159 e. The minimum atomic E-state index is 0.113. The first-order chi connectivity index (χ1) is 15.7. The fourth-order valence-corrected chi connectivity index (χ4v) is 4.13. The third kappa shape index (κ3) is 7.56. The van der Waals surface area contributed by atoms with Crippen molar-refractivity contribution in [1.29, 1.82) is 0 Å². The van der Waals surface area contributed by atoms with E-state index >= 15 is 0 Å². The molecular weight excluding hydrogens is 400 g/mol. The zero-order chi connectivity index (χ0) is 22.6. The first-order valence-electron chi connectivity index (χ1n) is 12.0. The molecule has 1 fully saturated rings. The van der Waals surface area contributed by atoms with Gasteiger partial charge in [0, 0.05) is 56.8 Å². The van der Waals surface area contributed by atoms with E-state index in [0.717, 1.165) is 57.1 Å². The fourth-order valence-electron chi connectivity index (χ4n) is 4.13. The van der Waals surface area contributed by atoms with Crippen LogP contribution in [0, 0.1) is 0 Å². The lowest BCUT2D eigenvalue weighted by atomic mass is 10.1. The first-order valence-corrected chi connectivity index (χ1v) is 12.0. The molecule has 0 unspecified atom stereocenters. The number of piperazine rings is 1. The number of ether oxygens (including phenoxy) is 2. The molecule has 0 N–H and O–H groups in total. The third-order valence-electron chi connectivity index (χ3n) is 6.13. The Morgan fingerprint density at radius 3 is 1.69 bits per heavy atom. The van der Waals surface area contributed by atoms with Crippen LogP contribution in [0.25, 0.3) is 0 Å². The van der Waals surface area contributed by atoms with Gasteiger partial charge in [-0.15, -0.1) is 0 Å². The van der Waals surface area contributed by atoms with Crippen LogP contribution in [0.3, 0.4) is 0 Å². The number of benzene rings is 2. The largest absolute Gasteiger partial charge is 0.494 e. The highest BCUT2D eigenvalue weighted by atomic mass is 16.5. The van der Waals surface area contributed by atoms with Gasteiger partial charge in [0.05, 0.1) is 6.61 Å². The van der Waals surface area contributed by atoms with Crippen molar-refractivity contribution in [2.75, 3.05) is 56.3 Å². The van der Waals surface area contributed by atoms with Crippen LogP contribution in [-0.2, 0) is 4.74 Å². The lowest BCUT2D eigenvalue weighted by Crippen LogP contribution is -2.46. The maximum Gasteiger partial charge on any atom is 0.159 e. The number of methoxy groups -OCH3 is 1. The summed E-state index contributed by atoms with van der Waals surface area (Å²) in [7, 11) is 1.77. The summed E-state index contributed by atoms with van der Waals surface area (Å²) in [4.78, 5) is 16.3. The molecule has 0 radical (unpaired) electrons. The summed E-state index contributed by atoms with van der Waals surface area (Å²) in [5, 5.41) is 0. The van der Waals surface area contributed by atoms with Crippen molar-refractivity contribution in [3.05, 3.63) is 54.1 Å². The molecule has 174 valence electrons. The number of ketones is 1. The predicted molar refractivity (Wildman–Crippen MR) is 132 cm³/mol. The molecule has 0 aliphatic carbocycles. The van der Waals surface area contributed by atoms with Gasteiger partial charge in [-0.3, -0.25) is 4.79 Å². The Balaban J connectivity index is 1.34. The van der Waals surface area contributed by atoms with E-state index < -0.39 is 0 Å². The van der Waals surface area contributed by atoms with Crippen molar-refractivity contribution in [3.8, 4) is 5.75 Å². The molecular formula is C27H38N2O3. The average molecular weight is 439 g/mol. The van der Waals surface area contributed by atoms with Gasteiger partial charge in [0.15, 0.2) is 5.78 Å². The second-order valence-electron chi connectivity index (χ2n) is 8.53. The Hall–Kier alpha value is -2.53. The lowest BCUT2D eigenvalue weighted by Gasteiger charge is -2.37. The standard InChI is InChI=1S/C27H38N2O3/c1-23(30)24-9-11-25(12-10-24)28-17-19-29(20-18-28)26-13-15-27(16-14-26)32-22-8-6-4-3-5-7-21-31-2/h9-16H,3-8,17-22H2,1-2H3. The van der Waals surface area contributed by atoms with Crippen LogP contribution in [0.1, 0.15) is 55.8 Å². The minimum absolute atomic E-state index is 0.113. The normalized spacial score (nSPS) is 13.9. The average Bonchev–Trinajstić information content (AvgIpc) is 2.83. The van der Waals surface area contributed by atoms with Crippen LogP contribution in [0.5, 0.6) is 5.75 Å². The van der Waals surface area contributed by atoms with Crippen molar-refractivity contribution in [2.24, 2.45) is 0 Å². The molecule has 1 heterocycles. The number of carbonyl (C=O) groups is 1. The molecule has 0 atom stereocenters. The summed E-state index contributed by atoms with van der Waals surface area (Å²) in [6, 6.07) is 16.5. The van der Waals surface area contributed by atoms with E-state index in [1.807, 2.05) is 12.1 Å². The first kappa shape index (κ1) is 24.1. The molecule has 1 aliphatic heterocycles. The molecule has 32 heavy (non-hydrogen) atoms. The number of hydrogen-bond acceptors (Lipinski definition) is 5. The van der Waals surface area contributed by atoms with Crippen LogP contribution in [0.15, 0.2) is 48.5 Å². The van der Waals surface area contributed by atoms with E-state index in [1.54, 1.807) is 14.0 Å². The number of Topliss-reactive ketones (excluding diaryl/α,β-unsaturated/α-hetero) is 1. The Morgan fingerprint density at radius 2 is 1.19 bits per heavy atom. The summed E-state index contributed by atoms with van der Waals surface area (Å²) in [6.07, 6.45) is 7.33. The van der Waals surface area contributed by atoms with Gasteiger partial charge in [0.1, 0.15) is 5.75 Å². The summed E-state index contributed by atoms with van der Waals surface area (Å²) >= 11 is 0. The van der Waals surface area contributed by atoms with E-state index in [-0.39, 0.29) is 5.78 Å². The van der Waals surface area contributed by atoms with Gasteiger partial charge in [-0.1, -0.05) is 25.7 Å². The lowest BCUT2D eigenvalue weighted by molar-refractivity contribution is 0.101. The molecule has 1 aliphatic rings. The zero-order valence-corrected chi connectivity index (χ0v) is 19.7. The van der Waals surface area contributed by atoms with Gasteiger partial charge >= 0.3 is 0 Å². The van der Waals surface area contributed by atoms with Gasteiger partial charge in [-0.25, -0.2) is 0 Å². The summed E-state index contributed by atoms with van der Waals surface area (Å²) in [6.45, 7) is 7.20. The molecule has 0 aromatic heterocycles. The summed E-state index contributed by atoms with van der Waals surface area (Å²) in [5.74, 6) is 1.07. The van der Waals surface area contributed by atoms with Crippen molar-refractivity contribution < 1.29 is 14.3 Å². The van der Waals surface area contributed by atoms with Gasteiger partial charge in [0.25, 0.3) is 0 Å².